The van der Waals surface area contributed by atoms with Crippen LogP contribution in [-0.4, -0.2) is 17.6 Å². The molecule has 0 unspecified atom stereocenters. The number of nitrogens with one attached hydrogen (secondary N) is 1. The predicted molar refractivity (Wildman–Crippen MR) is 59.5 cm³/mol. The zero-order valence-electron chi connectivity index (χ0n) is 8.27. The van der Waals surface area contributed by atoms with Crippen LogP contribution >= 0.6 is 0 Å². The minimum absolute atomic E-state index is 0.109. The maximum absolute atomic E-state index is 8.46. The van der Waals surface area contributed by atoms with Gasteiger partial charge in [0.2, 0.25) is 0 Å². The fourth-order valence-corrected chi connectivity index (χ4v) is 1.13. The van der Waals surface area contributed by atoms with E-state index in [1.54, 1.807) is 12.1 Å². The molecule has 0 saturated carbocycles. The maximum Gasteiger partial charge on any atom is 0.170 e. The van der Waals surface area contributed by atoms with Crippen LogP contribution in [0.15, 0.2) is 29.4 Å². The van der Waals surface area contributed by atoms with Crippen LogP contribution in [0.25, 0.3) is 0 Å². The molecule has 0 radical (unpaired) electrons. The molecule has 4 nitrogen and oxygen atoms in total. The van der Waals surface area contributed by atoms with Crippen molar-refractivity contribution in [2.75, 3.05) is 6.54 Å². The Hall–Kier alpha value is -1.99. The van der Waals surface area contributed by atoms with Crippen molar-refractivity contribution in [3.63, 3.8) is 0 Å². The first-order chi connectivity index (χ1) is 7.27. The van der Waals surface area contributed by atoms with E-state index >= 15 is 0 Å². The monoisotopic (exact) mass is 203 g/mol. The second-order valence-corrected chi connectivity index (χ2v) is 2.99. The highest BCUT2D eigenvalue weighted by Gasteiger charge is 1.98. The van der Waals surface area contributed by atoms with Crippen LogP contribution in [0.4, 0.5) is 0 Å². The molecule has 0 aliphatic rings. The fourth-order valence-electron chi connectivity index (χ4n) is 1.13. The minimum Gasteiger partial charge on any atom is -0.409 e. The van der Waals surface area contributed by atoms with Gasteiger partial charge in [-0.25, -0.2) is 0 Å². The number of rotatable bonds is 4. The maximum atomic E-state index is 8.46. The Morgan fingerprint density at radius 2 is 2.13 bits per heavy atom. The van der Waals surface area contributed by atoms with Gasteiger partial charge in [-0.3, -0.25) is 0 Å². The van der Waals surface area contributed by atoms with Crippen molar-refractivity contribution in [1.29, 1.82) is 0 Å². The number of hydrogen-bond acceptors (Lipinski definition) is 3. The van der Waals surface area contributed by atoms with Gasteiger partial charge in [0.15, 0.2) is 5.84 Å². The summed E-state index contributed by atoms with van der Waals surface area (Å²) in [4.78, 5) is 0. The highest BCUT2D eigenvalue weighted by molar-refractivity contribution is 5.96. The van der Waals surface area contributed by atoms with Crippen molar-refractivity contribution in [2.45, 2.75) is 6.54 Å². The van der Waals surface area contributed by atoms with Crippen LogP contribution < -0.4 is 11.1 Å². The summed E-state index contributed by atoms with van der Waals surface area (Å²) in [6.45, 7) is 1.25. The lowest BCUT2D eigenvalue weighted by atomic mass is 10.1. The summed E-state index contributed by atoms with van der Waals surface area (Å²) in [6.07, 6.45) is 5.10. The smallest absolute Gasteiger partial charge is 0.170 e. The third-order valence-corrected chi connectivity index (χ3v) is 1.91. The quantitative estimate of drug-likeness (QED) is 0.167. The highest BCUT2D eigenvalue weighted by Crippen LogP contribution is 2.03. The van der Waals surface area contributed by atoms with Crippen LogP contribution in [0.3, 0.4) is 0 Å². The molecule has 0 bridgehead atoms. The first kappa shape index (κ1) is 11.1. The molecule has 4 heteroatoms. The normalized spacial score (nSPS) is 11.0. The molecular formula is C11H13N3O. The van der Waals surface area contributed by atoms with Gasteiger partial charge in [0.1, 0.15) is 0 Å². The van der Waals surface area contributed by atoms with Crippen molar-refractivity contribution in [2.24, 2.45) is 10.9 Å². The Kier molecular flexibility index (Phi) is 4.20. The first-order valence-electron chi connectivity index (χ1n) is 4.49. The molecule has 0 saturated heterocycles. The molecule has 1 aromatic carbocycles. The molecule has 1 aromatic rings. The molecule has 0 aromatic heterocycles. The number of oxime groups is 1. The van der Waals surface area contributed by atoms with Crippen LogP contribution in [0.1, 0.15) is 11.1 Å². The number of benzene rings is 1. The average Bonchev–Trinajstić information content (AvgIpc) is 2.29. The Bertz CT molecular complexity index is 376. The molecule has 0 spiro atoms. The molecular weight excluding hydrogens is 190 g/mol. The van der Waals surface area contributed by atoms with Gasteiger partial charge in [0, 0.05) is 12.1 Å². The molecule has 78 valence electrons. The van der Waals surface area contributed by atoms with Crippen molar-refractivity contribution in [3.05, 3.63) is 35.4 Å². The van der Waals surface area contributed by atoms with E-state index in [0.717, 1.165) is 5.56 Å². The molecule has 1 rings (SSSR count). The Labute approximate surface area is 88.8 Å². The van der Waals surface area contributed by atoms with Gasteiger partial charge in [0.05, 0.1) is 6.54 Å². The Morgan fingerprint density at radius 3 is 2.67 bits per heavy atom. The van der Waals surface area contributed by atoms with Crippen LogP contribution in [0.2, 0.25) is 0 Å². The summed E-state index contributed by atoms with van der Waals surface area (Å²) >= 11 is 0. The van der Waals surface area contributed by atoms with E-state index in [0.29, 0.717) is 18.7 Å². The fraction of sp³-hybridized carbons (Fsp3) is 0.182. The number of terminal acetylenes is 1. The van der Waals surface area contributed by atoms with E-state index in [1.807, 2.05) is 12.1 Å². The van der Waals surface area contributed by atoms with E-state index in [1.165, 1.54) is 0 Å². The zero-order valence-corrected chi connectivity index (χ0v) is 8.27. The van der Waals surface area contributed by atoms with Crippen LogP contribution in [0, 0.1) is 12.3 Å². The van der Waals surface area contributed by atoms with Gasteiger partial charge >= 0.3 is 0 Å². The summed E-state index contributed by atoms with van der Waals surface area (Å²) < 4.78 is 0. The van der Waals surface area contributed by atoms with Crippen molar-refractivity contribution < 1.29 is 5.21 Å². The van der Waals surface area contributed by atoms with Gasteiger partial charge in [-0.15, -0.1) is 6.42 Å². The van der Waals surface area contributed by atoms with E-state index in [-0.39, 0.29) is 5.84 Å². The van der Waals surface area contributed by atoms with E-state index in [2.05, 4.69) is 16.4 Å². The standard InChI is InChI=1S/C11H13N3O/c1-2-7-13-8-9-3-5-10(6-4-9)11(12)14-15/h1,3-6,13,15H,7-8H2,(H2,12,14). The Balaban J connectivity index is 2.61. The van der Waals surface area contributed by atoms with Crippen molar-refractivity contribution in [1.82, 2.24) is 5.32 Å². The molecule has 0 atom stereocenters. The van der Waals surface area contributed by atoms with Crippen LogP contribution in [0.5, 0.6) is 0 Å². The summed E-state index contributed by atoms with van der Waals surface area (Å²) in [5.74, 6) is 2.60. The first-order valence-corrected chi connectivity index (χ1v) is 4.49. The lowest BCUT2D eigenvalue weighted by molar-refractivity contribution is 0.318. The molecule has 4 N–H and O–H groups in total. The third kappa shape index (κ3) is 3.33. The van der Waals surface area contributed by atoms with E-state index < -0.39 is 0 Å². The zero-order chi connectivity index (χ0) is 11.1. The molecule has 15 heavy (non-hydrogen) atoms. The molecule has 0 amide bonds. The molecule has 0 fully saturated rings. The summed E-state index contributed by atoms with van der Waals surface area (Å²) in [6, 6.07) is 7.39. The summed E-state index contributed by atoms with van der Waals surface area (Å²) in [7, 11) is 0. The molecule has 0 aliphatic carbocycles. The Morgan fingerprint density at radius 1 is 1.47 bits per heavy atom. The number of nitrogens with zero attached hydrogens (tertiary/aromatic N) is 1. The van der Waals surface area contributed by atoms with E-state index in [9.17, 15) is 0 Å². The van der Waals surface area contributed by atoms with E-state index in [4.69, 9.17) is 17.4 Å². The van der Waals surface area contributed by atoms with Crippen molar-refractivity contribution in [3.8, 4) is 12.3 Å². The van der Waals surface area contributed by atoms with Crippen LogP contribution in [-0.2, 0) is 6.54 Å². The number of amidine groups is 1. The number of hydrogen-bond donors (Lipinski definition) is 3. The topological polar surface area (TPSA) is 70.6 Å². The predicted octanol–water partition coefficient (Wildman–Crippen LogP) is 0.504. The lowest BCUT2D eigenvalue weighted by Crippen LogP contribution is -2.15. The SMILES string of the molecule is C#CCNCc1ccc(C(N)=NO)cc1. The van der Waals surface area contributed by atoms with Gasteiger partial charge in [-0.2, -0.15) is 0 Å². The van der Waals surface area contributed by atoms with Gasteiger partial charge < -0.3 is 16.3 Å². The third-order valence-electron chi connectivity index (χ3n) is 1.91. The van der Waals surface area contributed by atoms with Gasteiger partial charge in [0.25, 0.3) is 0 Å². The largest absolute Gasteiger partial charge is 0.409 e. The molecule has 0 heterocycles. The minimum atomic E-state index is 0.109. The number of nitrogens with two attached hydrogens (primary N) is 1. The molecule has 0 aliphatic heterocycles. The second-order valence-electron chi connectivity index (χ2n) is 2.99. The van der Waals surface area contributed by atoms with Gasteiger partial charge in [-0.1, -0.05) is 35.3 Å². The average molecular weight is 203 g/mol. The van der Waals surface area contributed by atoms with Gasteiger partial charge in [-0.05, 0) is 5.56 Å². The summed E-state index contributed by atoms with van der Waals surface area (Å²) in [5.41, 5.74) is 7.21. The second kappa shape index (κ2) is 5.68. The highest BCUT2D eigenvalue weighted by atomic mass is 16.4. The lowest BCUT2D eigenvalue weighted by Gasteiger charge is -2.03. The van der Waals surface area contributed by atoms with Crippen molar-refractivity contribution >= 4 is 5.84 Å². The summed E-state index contributed by atoms with van der Waals surface area (Å²) in [5, 5.41) is 14.4.